The van der Waals surface area contributed by atoms with E-state index in [2.05, 4.69) is 38.5 Å². The van der Waals surface area contributed by atoms with Crippen LogP contribution in [-0.2, 0) is 4.79 Å². The average Bonchev–Trinajstić information content (AvgIpc) is 3.30. The van der Waals surface area contributed by atoms with E-state index in [0.717, 1.165) is 22.1 Å². The number of aromatic amines is 2. The van der Waals surface area contributed by atoms with Crippen LogP contribution in [-0.4, -0.2) is 35.7 Å². The highest BCUT2D eigenvalue weighted by atomic mass is 32.2. The number of nitrogens with zero attached hydrogens (tertiary/aromatic N) is 3. The van der Waals surface area contributed by atoms with E-state index < -0.39 is 5.25 Å². The number of imidazole rings is 1. The molecule has 150 valence electrons. The molecule has 0 radical (unpaired) electrons. The number of anilines is 1. The summed E-state index contributed by atoms with van der Waals surface area (Å²) < 4.78 is 1.98. The molecule has 0 aliphatic heterocycles. The first-order chi connectivity index (χ1) is 14.5. The molecule has 0 fully saturated rings. The molecule has 1 amide bonds. The molecule has 0 bridgehead atoms. The number of rotatable bonds is 4. The molecular formula is C21H18N6O2S. The Morgan fingerprint density at radius 1 is 1.10 bits per heavy atom. The van der Waals surface area contributed by atoms with Crippen LogP contribution in [0, 0.1) is 6.92 Å². The molecule has 1 atom stereocenters. The van der Waals surface area contributed by atoms with E-state index in [0.29, 0.717) is 21.9 Å². The number of hydrogen-bond donors (Lipinski definition) is 3. The number of thioether (sulfide) groups is 1. The fourth-order valence-corrected chi connectivity index (χ4v) is 4.38. The number of H-pyrrole nitrogens is 2. The first-order valence-corrected chi connectivity index (χ1v) is 10.3. The van der Waals surface area contributed by atoms with Crippen LogP contribution in [0.1, 0.15) is 12.5 Å². The predicted octanol–water partition coefficient (Wildman–Crippen LogP) is 3.48. The molecule has 0 aliphatic rings. The fourth-order valence-electron chi connectivity index (χ4n) is 3.52. The smallest absolute Gasteiger partial charge is 0.323 e. The zero-order valence-corrected chi connectivity index (χ0v) is 17.1. The van der Waals surface area contributed by atoms with E-state index in [1.54, 1.807) is 18.2 Å². The van der Waals surface area contributed by atoms with Gasteiger partial charge in [0.05, 0.1) is 21.8 Å². The Kier molecular flexibility index (Phi) is 4.32. The van der Waals surface area contributed by atoms with Crippen LogP contribution in [0.2, 0.25) is 0 Å². The summed E-state index contributed by atoms with van der Waals surface area (Å²) in [6.45, 7) is 3.88. The van der Waals surface area contributed by atoms with Gasteiger partial charge in [-0.1, -0.05) is 30.0 Å². The second kappa shape index (κ2) is 7.03. The Balaban J connectivity index is 1.42. The summed E-state index contributed by atoms with van der Waals surface area (Å²) in [5.41, 5.74) is 4.56. The van der Waals surface area contributed by atoms with Gasteiger partial charge < -0.3 is 15.3 Å². The topological polar surface area (TPSA) is 108 Å². The molecule has 9 heteroatoms. The van der Waals surface area contributed by atoms with Crippen LogP contribution in [0.25, 0.3) is 27.6 Å². The summed E-state index contributed by atoms with van der Waals surface area (Å²) >= 11 is 1.35. The average molecular weight is 418 g/mol. The lowest BCUT2D eigenvalue weighted by atomic mass is 10.1. The molecule has 3 aromatic heterocycles. The molecule has 0 saturated carbocycles. The zero-order chi connectivity index (χ0) is 20.8. The van der Waals surface area contributed by atoms with E-state index in [1.807, 2.05) is 35.6 Å². The van der Waals surface area contributed by atoms with E-state index in [1.165, 1.54) is 11.8 Å². The zero-order valence-electron chi connectivity index (χ0n) is 16.3. The van der Waals surface area contributed by atoms with Crippen molar-refractivity contribution in [2.75, 3.05) is 5.32 Å². The standard InChI is InChI=1S/C21H18N6O2S/c1-11-9-18-25-26-21(27(18)17-6-4-3-5-14(11)17)30-12(2)19(28)22-13-7-8-15-16(10-13)24-20(29)23-15/h3-10,12H,1-2H3,(H,22,28)(H2,23,24,29)/t12-/m1/s1. The number of pyridine rings is 1. The van der Waals surface area contributed by atoms with Crippen molar-refractivity contribution in [2.45, 2.75) is 24.3 Å². The van der Waals surface area contributed by atoms with E-state index >= 15 is 0 Å². The van der Waals surface area contributed by atoms with E-state index in [-0.39, 0.29) is 11.6 Å². The molecule has 8 nitrogen and oxygen atoms in total. The number of fused-ring (bicyclic) bond motifs is 4. The Bertz CT molecular complexity index is 1480. The van der Waals surface area contributed by atoms with E-state index in [4.69, 9.17) is 0 Å². The number of carbonyl (C=O) groups is 1. The molecule has 0 saturated heterocycles. The molecule has 5 aromatic rings. The molecule has 0 aliphatic carbocycles. The number of para-hydroxylation sites is 1. The number of aryl methyl sites for hydroxylation is 1. The first kappa shape index (κ1) is 18.4. The van der Waals surface area contributed by atoms with Gasteiger partial charge in [-0.15, -0.1) is 10.2 Å². The summed E-state index contributed by atoms with van der Waals surface area (Å²) in [5.74, 6) is -0.162. The first-order valence-electron chi connectivity index (χ1n) is 9.42. The number of amides is 1. The predicted molar refractivity (Wildman–Crippen MR) is 118 cm³/mol. The van der Waals surface area contributed by atoms with Gasteiger partial charge in [0.25, 0.3) is 0 Å². The molecule has 30 heavy (non-hydrogen) atoms. The van der Waals surface area contributed by atoms with Crippen LogP contribution < -0.4 is 11.0 Å². The van der Waals surface area contributed by atoms with Crippen LogP contribution in [0.3, 0.4) is 0 Å². The molecule has 2 aromatic carbocycles. The SMILES string of the molecule is Cc1cc2nnc(S[C@H](C)C(=O)Nc3ccc4[nH]c(=O)[nH]c4c3)n2c2ccccc12. The second-order valence-electron chi connectivity index (χ2n) is 7.11. The lowest BCUT2D eigenvalue weighted by Gasteiger charge is -2.12. The monoisotopic (exact) mass is 418 g/mol. The Morgan fingerprint density at radius 2 is 1.90 bits per heavy atom. The molecule has 3 heterocycles. The number of hydrogen-bond acceptors (Lipinski definition) is 5. The number of nitrogens with one attached hydrogen (secondary N) is 3. The van der Waals surface area contributed by atoms with Crippen LogP contribution in [0.15, 0.2) is 58.5 Å². The fraction of sp³-hybridized carbons (Fsp3) is 0.143. The third-order valence-corrected chi connectivity index (χ3v) is 6.05. The van der Waals surface area contributed by atoms with Gasteiger partial charge in [-0.05, 0) is 49.7 Å². The van der Waals surface area contributed by atoms with Crippen LogP contribution >= 0.6 is 11.8 Å². The van der Waals surface area contributed by atoms with Gasteiger partial charge in [0.15, 0.2) is 10.8 Å². The maximum absolute atomic E-state index is 12.8. The molecule has 5 rings (SSSR count). The lowest BCUT2D eigenvalue weighted by molar-refractivity contribution is -0.115. The van der Waals surface area contributed by atoms with Gasteiger partial charge in [0.2, 0.25) is 5.91 Å². The molecule has 3 N–H and O–H groups in total. The van der Waals surface area contributed by atoms with Gasteiger partial charge >= 0.3 is 5.69 Å². The van der Waals surface area contributed by atoms with Crippen LogP contribution in [0.5, 0.6) is 0 Å². The van der Waals surface area contributed by atoms with Crippen LogP contribution in [0.4, 0.5) is 5.69 Å². The highest BCUT2D eigenvalue weighted by molar-refractivity contribution is 8.00. The maximum Gasteiger partial charge on any atom is 0.323 e. The Hall–Kier alpha value is -3.59. The molecule has 0 unspecified atom stereocenters. The van der Waals surface area contributed by atoms with Crippen molar-refractivity contribution >= 4 is 50.9 Å². The van der Waals surface area contributed by atoms with Gasteiger partial charge in [-0.2, -0.15) is 0 Å². The maximum atomic E-state index is 12.8. The molecular weight excluding hydrogens is 400 g/mol. The minimum Gasteiger partial charge on any atom is -0.325 e. The summed E-state index contributed by atoms with van der Waals surface area (Å²) in [5, 5.41) is 12.9. The highest BCUT2D eigenvalue weighted by Crippen LogP contribution is 2.28. The van der Waals surface area contributed by atoms with Gasteiger partial charge in [-0.3, -0.25) is 9.20 Å². The van der Waals surface area contributed by atoms with Crippen molar-refractivity contribution < 1.29 is 4.79 Å². The Labute approximate surface area is 174 Å². The summed E-state index contributed by atoms with van der Waals surface area (Å²) in [6.07, 6.45) is 0. The molecule has 0 spiro atoms. The minimum absolute atomic E-state index is 0.162. The second-order valence-corrected chi connectivity index (χ2v) is 8.42. The number of carbonyl (C=O) groups excluding carboxylic acids is 1. The number of aromatic nitrogens is 5. The highest BCUT2D eigenvalue weighted by Gasteiger charge is 2.19. The van der Waals surface area contributed by atoms with E-state index in [9.17, 15) is 9.59 Å². The Morgan fingerprint density at radius 3 is 2.77 bits per heavy atom. The van der Waals surface area contributed by atoms with Gasteiger partial charge in [0, 0.05) is 11.1 Å². The van der Waals surface area contributed by atoms with Crippen molar-refractivity contribution in [3.63, 3.8) is 0 Å². The van der Waals surface area contributed by atoms with Crippen molar-refractivity contribution in [1.29, 1.82) is 0 Å². The van der Waals surface area contributed by atoms with Crippen molar-refractivity contribution in [1.82, 2.24) is 24.6 Å². The summed E-state index contributed by atoms with van der Waals surface area (Å²) in [6, 6.07) is 15.3. The quantitative estimate of drug-likeness (QED) is 0.387. The van der Waals surface area contributed by atoms with Gasteiger partial charge in [0.1, 0.15) is 0 Å². The van der Waals surface area contributed by atoms with Crippen molar-refractivity contribution in [3.05, 3.63) is 64.6 Å². The third-order valence-electron chi connectivity index (χ3n) is 5.01. The lowest BCUT2D eigenvalue weighted by Crippen LogP contribution is -2.22. The third kappa shape index (κ3) is 3.13. The summed E-state index contributed by atoms with van der Waals surface area (Å²) in [7, 11) is 0. The number of benzene rings is 2. The minimum atomic E-state index is -0.404. The van der Waals surface area contributed by atoms with Crippen molar-refractivity contribution in [3.8, 4) is 0 Å². The normalized spacial score (nSPS) is 12.6. The van der Waals surface area contributed by atoms with Crippen molar-refractivity contribution in [2.24, 2.45) is 0 Å². The summed E-state index contributed by atoms with van der Waals surface area (Å²) in [4.78, 5) is 29.5. The largest absolute Gasteiger partial charge is 0.325 e. The van der Waals surface area contributed by atoms with Gasteiger partial charge in [-0.25, -0.2) is 4.79 Å².